The van der Waals surface area contributed by atoms with Crippen LogP contribution in [0.3, 0.4) is 0 Å². The van der Waals surface area contributed by atoms with Gasteiger partial charge in [-0.15, -0.1) is 0 Å². The standard InChI is InChI=1S/C16H32N2O/c1-2-19-14-6-10-17-11-13-18-12-5-9-16(18)15-7-3-4-8-15/h15-17H,2-14H2,1H3. The van der Waals surface area contributed by atoms with Gasteiger partial charge in [0.25, 0.3) is 0 Å². The molecule has 0 aromatic rings. The number of likely N-dealkylation sites (tertiary alicyclic amines) is 1. The maximum Gasteiger partial charge on any atom is 0.0477 e. The van der Waals surface area contributed by atoms with E-state index in [4.69, 9.17) is 4.74 Å². The van der Waals surface area contributed by atoms with Gasteiger partial charge in [-0.3, -0.25) is 4.90 Å². The molecule has 0 radical (unpaired) electrons. The third-order valence-electron chi connectivity index (χ3n) is 4.78. The van der Waals surface area contributed by atoms with Crippen molar-refractivity contribution < 1.29 is 4.74 Å². The van der Waals surface area contributed by atoms with Crippen molar-refractivity contribution in [1.82, 2.24) is 10.2 Å². The van der Waals surface area contributed by atoms with Gasteiger partial charge in [-0.05, 0) is 58.0 Å². The molecular weight excluding hydrogens is 236 g/mol. The number of nitrogens with one attached hydrogen (secondary N) is 1. The Labute approximate surface area is 119 Å². The predicted molar refractivity (Wildman–Crippen MR) is 80.5 cm³/mol. The molecule has 112 valence electrons. The molecule has 1 unspecified atom stereocenters. The van der Waals surface area contributed by atoms with Gasteiger partial charge >= 0.3 is 0 Å². The summed E-state index contributed by atoms with van der Waals surface area (Å²) in [7, 11) is 0. The maximum atomic E-state index is 5.35. The number of hydrogen-bond donors (Lipinski definition) is 1. The highest BCUT2D eigenvalue weighted by Crippen LogP contribution is 2.34. The summed E-state index contributed by atoms with van der Waals surface area (Å²) in [6.07, 6.45) is 9.95. The molecule has 1 saturated heterocycles. The SMILES string of the molecule is CCOCCCNCCN1CCCC1C1CCCC1. The van der Waals surface area contributed by atoms with Crippen LogP contribution >= 0.6 is 0 Å². The molecule has 1 atom stereocenters. The van der Waals surface area contributed by atoms with Crippen LogP contribution in [0.5, 0.6) is 0 Å². The fourth-order valence-corrected chi connectivity index (χ4v) is 3.80. The minimum atomic E-state index is 0.844. The molecule has 3 heteroatoms. The van der Waals surface area contributed by atoms with E-state index in [9.17, 15) is 0 Å². The summed E-state index contributed by atoms with van der Waals surface area (Å²) in [6, 6.07) is 0.910. The maximum absolute atomic E-state index is 5.35. The summed E-state index contributed by atoms with van der Waals surface area (Å²) in [5.41, 5.74) is 0. The molecular formula is C16H32N2O. The van der Waals surface area contributed by atoms with Crippen molar-refractivity contribution in [3.05, 3.63) is 0 Å². The van der Waals surface area contributed by atoms with Gasteiger partial charge < -0.3 is 10.1 Å². The van der Waals surface area contributed by atoms with Crippen molar-refractivity contribution in [2.45, 2.75) is 57.9 Å². The lowest BCUT2D eigenvalue weighted by molar-refractivity contribution is 0.144. The van der Waals surface area contributed by atoms with Crippen LogP contribution in [-0.2, 0) is 4.74 Å². The van der Waals surface area contributed by atoms with Gasteiger partial charge in [-0.25, -0.2) is 0 Å². The Morgan fingerprint density at radius 3 is 2.74 bits per heavy atom. The van der Waals surface area contributed by atoms with Crippen LogP contribution in [0.4, 0.5) is 0 Å². The van der Waals surface area contributed by atoms with Crippen LogP contribution in [0, 0.1) is 5.92 Å². The van der Waals surface area contributed by atoms with Gasteiger partial charge in [0.05, 0.1) is 0 Å². The van der Waals surface area contributed by atoms with Gasteiger partial charge in [0, 0.05) is 32.3 Å². The van der Waals surface area contributed by atoms with Crippen molar-refractivity contribution in [3.8, 4) is 0 Å². The highest BCUT2D eigenvalue weighted by atomic mass is 16.5. The lowest BCUT2D eigenvalue weighted by Crippen LogP contribution is -2.39. The fourth-order valence-electron chi connectivity index (χ4n) is 3.80. The minimum Gasteiger partial charge on any atom is -0.382 e. The highest BCUT2D eigenvalue weighted by Gasteiger charge is 2.32. The van der Waals surface area contributed by atoms with Gasteiger partial charge in [0.1, 0.15) is 0 Å². The molecule has 1 aliphatic heterocycles. The van der Waals surface area contributed by atoms with Gasteiger partial charge in [-0.2, -0.15) is 0 Å². The first-order valence-electron chi connectivity index (χ1n) is 8.44. The Morgan fingerprint density at radius 2 is 1.95 bits per heavy atom. The molecule has 1 saturated carbocycles. The summed E-state index contributed by atoms with van der Waals surface area (Å²) in [6.45, 7) is 8.63. The van der Waals surface area contributed by atoms with Crippen LogP contribution in [0.15, 0.2) is 0 Å². The topological polar surface area (TPSA) is 24.5 Å². The Hall–Kier alpha value is -0.120. The molecule has 0 spiro atoms. The second kappa shape index (κ2) is 8.93. The second-order valence-electron chi connectivity index (χ2n) is 6.09. The third kappa shape index (κ3) is 5.05. The molecule has 1 aliphatic carbocycles. The minimum absolute atomic E-state index is 0.844. The Morgan fingerprint density at radius 1 is 1.11 bits per heavy atom. The van der Waals surface area contributed by atoms with Crippen LogP contribution in [-0.4, -0.2) is 50.3 Å². The molecule has 0 aromatic heterocycles. The van der Waals surface area contributed by atoms with E-state index in [2.05, 4.69) is 17.1 Å². The molecule has 2 fully saturated rings. The molecule has 0 bridgehead atoms. The molecule has 2 rings (SSSR count). The number of ether oxygens (including phenoxy) is 1. The predicted octanol–water partition coefficient (Wildman–Crippen LogP) is 2.66. The first-order valence-corrected chi connectivity index (χ1v) is 8.44. The smallest absolute Gasteiger partial charge is 0.0477 e. The van der Waals surface area contributed by atoms with Gasteiger partial charge in [0.15, 0.2) is 0 Å². The van der Waals surface area contributed by atoms with E-state index in [1.54, 1.807) is 0 Å². The zero-order valence-corrected chi connectivity index (χ0v) is 12.7. The molecule has 2 aliphatic rings. The molecule has 0 aromatic carbocycles. The monoisotopic (exact) mass is 268 g/mol. The normalized spacial score (nSPS) is 25.4. The Kier molecular flexibility index (Phi) is 7.18. The van der Waals surface area contributed by atoms with Gasteiger partial charge in [-0.1, -0.05) is 12.8 Å². The fraction of sp³-hybridized carbons (Fsp3) is 1.00. The zero-order valence-electron chi connectivity index (χ0n) is 12.7. The van der Waals surface area contributed by atoms with E-state index in [1.165, 1.54) is 51.6 Å². The second-order valence-corrected chi connectivity index (χ2v) is 6.09. The summed E-state index contributed by atoms with van der Waals surface area (Å²) >= 11 is 0. The average molecular weight is 268 g/mol. The van der Waals surface area contributed by atoms with E-state index in [1.807, 2.05) is 0 Å². The molecule has 1 heterocycles. The van der Waals surface area contributed by atoms with Crippen LogP contribution in [0.2, 0.25) is 0 Å². The van der Waals surface area contributed by atoms with E-state index in [0.29, 0.717) is 0 Å². The average Bonchev–Trinajstić information content (AvgIpc) is 3.08. The number of rotatable bonds is 9. The van der Waals surface area contributed by atoms with Crippen molar-refractivity contribution >= 4 is 0 Å². The largest absolute Gasteiger partial charge is 0.382 e. The first-order chi connectivity index (χ1) is 9.42. The lowest BCUT2D eigenvalue weighted by Gasteiger charge is -2.29. The Bertz CT molecular complexity index is 229. The van der Waals surface area contributed by atoms with Crippen molar-refractivity contribution in [1.29, 1.82) is 0 Å². The highest BCUT2D eigenvalue weighted by molar-refractivity contribution is 4.87. The third-order valence-corrected chi connectivity index (χ3v) is 4.78. The van der Waals surface area contributed by atoms with Crippen molar-refractivity contribution in [3.63, 3.8) is 0 Å². The molecule has 19 heavy (non-hydrogen) atoms. The van der Waals surface area contributed by atoms with Crippen LogP contribution in [0.1, 0.15) is 51.9 Å². The summed E-state index contributed by atoms with van der Waals surface area (Å²) in [4.78, 5) is 2.76. The van der Waals surface area contributed by atoms with E-state index < -0.39 is 0 Å². The summed E-state index contributed by atoms with van der Waals surface area (Å²) < 4.78 is 5.35. The van der Waals surface area contributed by atoms with Crippen molar-refractivity contribution in [2.75, 3.05) is 39.4 Å². The quantitative estimate of drug-likeness (QED) is 0.651. The number of nitrogens with zero attached hydrogens (tertiary/aromatic N) is 1. The van der Waals surface area contributed by atoms with Crippen molar-refractivity contribution in [2.24, 2.45) is 5.92 Å². The van der Waals surface area contributed by atoms with Gasteiger partial charge in [0.2, 0.25) is 0 Å². The molecule has 0 amide bonds. The van der Waals surface area contributed by atoms with E-state index in [-0.39, 0.29) is 0 Å². The summed E-state index contributed by atoms with van der Waals surface area (Å²) in [5.74, 6) is 1.01. The zero-order chi connectivity index (χ0) is 13.3. The van der Waals surface area contributed by atoms with E-state index >= 15 is 0 Å². The van der Waals surface area contributed by atoms with Crippen LogP contribution in [0.25, 0.3) is 0 Å². The summed E-state index contributed by atoms with van der Waals surface area (Å²) in [5, 5.41) is 3.56. The molecule has 1 N–H and O–H groups in total. The number of hydrogen-bond acceptors (Lipinski definition) is 3. The molecule has 3 nitrogen and oxygen atoms in total. The lowest BCUT2D eigenvalue weighted by atomic mass is 9.96. The van der Waals surface area contributed by atoms with Crippen LogP contribution < -0.4 is 5.32 Å². The van der Waals surface area contributed by atoms with E-state index in [0.717, 1.165) is 44.7 Å². The Balaban J connectivity index is 1.54. The first kappa shape index (κ1) is 15.3.